The summed E-state index contributed by atoms with van der Waals surface area (Å²) in [7, 11) is 3.22. The Bertz CT molecular complexity index is 786. The number of ether oxygens (including phenoxy) is 3. The molecular formula is C21H27N3O3. The molecule has 1 aliphatic carbocycles. The van der Waals surface area contributed by atoms with E-state index in [1.165, 1.54) is 12.8 Å². The molecular weight excluding hydrogens is 342 g/mol. The summed E-state index contributed by atoms with van der Waals surface area (Å²) in [4.78, 5) is 4.46. The van der Waals surface area contributed by atoms with Gasteiger partial charge in [-0.1, -0.05) is 18.2 Å². The number of anilines is 1. The van der Waals surface area contributed by atoms with Crippen molar-refractivity contribution in [3.8, 4) is 17.2 Å². The zero-order valence-corrected chi connectivity index (χ0v) is 15.9. The predicted molar refractivity (Wildman–Crippen MR) is 108 cm³/mol. The smallest absolute Gasteiger partial charge is 0.193 e. The van der Waals surface area contributed by atoms with Crippen LogP contribution in [-0.4, -0.2) is 26.3 Å². The zero-order valence-electron chi connectivity index (χ0n) is 15.9. The van der Waals surface area contributed by atoms with Crippen LogP contribution in [0.2, 0.25) is 0 Å². The van der Waals surface area contributed by atoms with Gasteiger partial charge in [-0.3, -0.25) is 0 Å². The molecule has 1 saturated carbocycles. The van der Waals surface area contributed by atoms with Crippen LogP contribution in [0.15, 0.2) is 47.5 Å². The number of guanidine groups is 1. The van der Waals surface area contributed by atoms with Crippen LogP contribution < -0.4 is 25.3 Å². The van der Waals surface area contributed by atoms with E-state index in [0.29, 0.717) is 35.8 Å². The lowest BCUT2D eigenvalue weighted by Crippen LogP contribution is -2.23. The summed E-state index contributed by atoms with van der Waals surface area (Å²) in [6.45, 7) is 0.439. The highest BCUT2D eigenvalue weighted by Gasteiger charge is 2.17. The molecule has 1 fully saturated rings. The van der Waals surface area contributed by atoms with Crippen LogP contribution in [0.5, 0.6) is 17.2 Å². The van der Waals surface area contributed by atoms with Gasteiger partial charge in [0.05, 0.1) is 32.6 Å². The van der Waals surface area contributed by atoms with Gasteiger partial charge in [0, 0.05) is 11.6 Å². The van der Waals surface area contributed by atoms with Gasteiger partial charge in [-0.05, 0) is 43.9 Å². The van der Waals surface area contributed by atoms with Gasteiger partial charge in [0.15, 0.2) is 5.96 Å². The third-order valence-corrected chi connectivity index (χ3v) is 4.66. The molecule has 3 rings (SSSR count). The van der Waals surface area contributed by atoms with E-state index in [1.807, 2.05) is 42.5 Å². The van der Waals surface area contributed by atoms with E-state index >= 15 is 0 Å². The average Bonchev–Trinajstić information content (AvgIpc) is 3.20. The number of hydrogen-bond donors (Lipinski definition) is 2. The lowest BCUT2D eigenvalue weighted by molar-refractivity contribution is 0.208. The molecule has 0 radical (unpaired) electrons. The van der Waals surface area contributed by atoms with Crippen molar-refractivity contribution in [2.24, 2.45) is 10.7 Å². The molecule has 0 spiro atoms. The predicted octanol–water partition coefficient (Wildman–Crippen LogP) is 3.95. The molecule has 0 amide bonds. The first-order chi connectivity index (χ1) is 13.2. The van der Waals surface area contributed by atoms with Crippen LogP contribution >= 0.6 is 0 Å². The second kappa shape index (κ2) is 9.16. The maximum Gasteiger partial charge on any atom is 0.193 e. The second-order valence-electron chi connectivity index (χ2n) is 6.52. The number of benzene rings is 2. The molecule has 0 aliphatic heterocycles. The van der Waals surface area contributed by atoms with Crippen LogP contribution in [0.25, 0.3) is 0 Å². The molecule has 144 valence electrons. The second-order valence-corrected chi connectivity index (χ2v) is 6.52. The molecule has 2 aromatic carbocycles. The van der Waals surface area contributed by atoms with E-state index in [1.54, 1.807) is 14.2 Å². The number of rotatable bonds is 7. The number of nitrogens with zero attached hydrogens (tertiary/aromatic N) is 1. The Kier molecular flexibility index (Phi) is 6.41. The molecule has 0 unspecified atom stereocenters. The van der Waals surface area contributed by atoms with Crippen LogP contribution in [0.1, 0.15) is 31.2 Å². The molecule has 0 saturated heterocycles. The normalized spacial score (nSPS) is 14.8. The maximum atomic E-state index is 6.16. The van der Waals surface area contributed by atoms with Crippen molar-refractivity contribution in [2.45, 2.75) is 38.3 Å². The van der Waals surface area contributed by atoms with Crippen LogP contribution in [0.3, 0.4) is 0 Å². The van der Waals surface area contributed by atoms with Gasteiger partial charge < -0.3 is 25.3 Å². The molecule has 0 bridgehead atoms. The van der Waals surface area contributed by atoms with Crippen molar-refractivity contribution in [3.05, 3.63) is 48.0 Å². The van der Waals surface area contributed by atoms with E-state index in [0.717, 1.165) is 24.2 Å². The summed E-state index contributed by atoms with van der Waals surface area (Å²) in [6, 6.07) is 13.5. The lowest BCUT2D eigenvalue weighted by Gasteiger charge is -2.16. The first-order valence-electron chi connectivity index (χ1n) is 9.23. The van der Waals surface area contributed by atoms with Gasteiger partial charge in [-0.2, -0.15) is 0 Å². The largest absolute Gasteiger partial charge is 0.497 e. The molecule has 0 heterocycles. The Balaban J connectivity index is 1.69. The Morgan fingerprint density at radius 1 is 1.07 bits per heavy atom. The summed E-state index contributed by atoms with van der Waals surface area (Å²) in [6.07, 6.45) is 5.04. The number of methoxy groups -OCH3 is 2. The van der Waals surface area contributed by atoms with E-state index in [2.05, 4.69) is 10.3 Å². The number of nitrogens with one attached hydrogen (secondary N) is 1. The molecule has 1 aliphatic rings. The van der Waals surface area contributed by atoms with Gasteiger partial charge in [0.25, 0.3) is 0 Å². The number of aliphatic imine (C=N–C) groups is 1. The van der Waals surface area contributed by atoms with Gasteiger partial charge >= 0.3 is 0 Å². The lowest BCUT2D eigenvalue weighted by atomic mass is 10.2. The Hall–Kier alpha value is -2.89. The Morgan fingerprint density at radius 3 is 2.59 bits per heavy atom. The van der Waals surface area contributed by atoms with Crippen molar-refractivity contribution >= 4 is 11.6 Å². The SMILES string of the molecule is COc1ccc(OC)c(NC(N)=NCc2ccccc2OC2CCCC2)c1. The average molecular weight is 369 g/mol. The number of para-hydroxylation sites is 1. The standard InChI is InChI=1S/C21H27N3O3/c1-25-17-11-12-20(26-2)18(13-17)24-21(22)23-14-15-7-3-6-10-19(15)27-16-8-4-5-9-16/h3,6-7,10-13,16H,4-5,8-9,14H2,1-2H3,(H3,22,23,24). The number of hydrogen-bond acceptors (Lipinski definition) is 4. The minimum atomic E-state index is 0.303. The summed E-state index contributed by atoms with van der Waals surface area (Å²) in [5, 5.41) is 3.08. The van der Waals surface area contributed by atoms with Crippen molar-refractivity contribution in [2.75, 3.05) is 19.5 Å². The topological polar surface area (TPSA) is 78.1 Å². The van der Waals surface area contributed by atoms with Gasteiger partial charge in [0.1, 0.15) is 17.2 Å². The van der Waals surface area contributed by atoms with Crippen molar-refractivity contribution in [1.29, 1.82) is 0 Å². The summed E-state index contributed by atoms with van der Waals surface area (Å²) < 4.78 is 16.8. The van der Waals surface area contributed by atoms with Crippen LogP contribution in [0, 0.1) is 0 Å². The summed E-state index contributed by atoms with van der Waals surface area (Å²) in [5.74, 6) is 2.57. The third kappa shape index (κ3) is 5.06. The van der Waals surface area contributed by atoms with Gasteiger partial charge in [-0.15, -0.1) is 0 Å². The molecule has 6 nitrogen and oxygen atoms in total. The first-order valence-corrected chi connectivity index (χ1v) is 9.23. The molecule has 27 heavy (non-hydrogen) atoms. The van der Waals surface area contributed by atoms with Crippen LogP contribution in [0.4, 0.5) is 5.69 Å². The van der Waals surface area contributed by atoms with Gasteiger partial charge in [-0.25, -0.2) is 4.99 Å². The van der Waals surface area contributed by atoms with Crippen molar-refractivity contribution in [3.63, 3.8) is 0 Å². The quantitative estimate of drug-likeness (QED) is 0.571. The monoisotopic (exact) mass is 369 g/mol. The molecule has 2 aromatic rings. The van der Waals surface area contributed by atoms with E-state index in [4.69, 9.17) is 19.9 Å². The number of nitrogens with two attached hydrogens (primary N) is 1. The molecule has 0 atom stereocenters. The Labute approximate surface area is 160 Å². The first kappa shape index (κ1) is 18.9. The van der Waals surface area contributed by atoms with E-state index in [-0.39, 0.29) is 0 Å². The minimum Gasteiger partial charge on any atom is -0.497 e. The minimum absolute atomic E-state index is 0.303. The Morgan fingerprint density at radius 2 is 1.85 bits per heavy atom. The fraction of sp³-hybridized carbons (Fsp3) is 0.381. The summed E-state index contributed by atoms with van der Waals surface area (Å²) in [5.41, 5.74) is 7.81. The van der Waals surface area contributed by atoms with Gasteiger partial charge in [0.2, 0.25) is 0 Å². The van der Waals surface area contributed by atoms with E-state index in [9.17, 15) is 0 Å². The van der Waals surface area contributed by atoms with Crippen molar-refractivity contribution in [1.82, 2.24) is 0 Å². The highest BCUT2D eigenvalue weighted by atomic mass is 16.5. The third-order valence-electron chi connectivity index (χ3n) is 4.66. The highest BCUT2D eigenvalue weighted by molar-refractivity contribution is 5.94. The van der Waals surface area contributed by atoms with E-state index < -0.39 is 0 Å². The molecule has 6 heteroatoms. The maximum absolute atomic E-state index is 6.16. The highest BCUT2D eigenvalue weighted by Crippen LogP contribution is 2.29. The molecule has 3 N–H and O–H groups in total. The van der Waals surface area contributed by atoms with Crippen LogP contribution in [-0.2, 0) is 6.54 Å². The fourth-order valence-corrected chi connectivity index (χ4v) is 3.19. The zero-order chi connectivity index (χ0) is 19.1. The fourth-order valence-electron chi connectivity index (χ4n) is 3.19. The van der Waals surface area contributed by atoms with Crippen molar-refractivity contribution < 1.29 is 14.2 Å². The summed E-state index contributed by atoms with van der Waals surface area (Å²) >= 11 is 0. The molecule has 0 aromatic heterocycles.